The first kappa shape index (κ1) is 11.6. The van der Waals surface area contributed by atoms with Gasteiger partial charge in [0.25, 0.3) is 0 Å². The summed E-state index contributed by atoms with van der Waals surface area (Å²) in [6, 6.07) is 13.6. The molecule has 1 heterocycles. The number of ether oxygens (including phenoxy) is 1. The predicted molar refractivity (Wildman–Crippen MR) is 67.8 cm³/mol. The van der Waals surface area contributed by atoms with E-state index < -0.39 is 0 Å². The van der Waals surface area contributed by atoms with Gasteiger partial charge in [-0.15, -0.1) is 0 Å². The zero-order valence-corrected chi connectivity index (χ0v) is 9.84. The third-order valence-electron chi connectivity index (χ3n) is 2.53. The van der Waals surface area contributed by atoms with Crippen LogP contribution in [-0.2, 0) is 0 Å². The van der Waals surface area contributed by atoms with E-state index >= 15 is 0 Å². The SMILES string of the molecule is Cc1cc(OCC(N)c2ccccc2)ccn1. The van der Waals surface area contributed by atoms with Gasteiger partial charge < -0.3 is 10.5 Å². The van der Waals surface area contributed by atoms with Crippen LogP contribution in [0.25, 0.3) is 0 Å². The van der Waals surface area contributed by atoms with E-state index in [2.05, 4.69) is 4.98 Å². The minimum Gasteiger partial charge on any atom is -0.491 e. The standard InChI is InChI=1S/C14H16N2O/c1-11-9-13(7-8-16-11)17-10-14(15)12-5-3-2-4-6-12/h2-9,14H,10,15H2,1H3. The molecule has 1 aromatic heterocycles. The summed E-state index contributed by atoms with van der Waals surface area (Å²) in [5.74, 6) is 0.809. The Kier molecular flexibility index (Phi) is 3.73. The van der Waals surface area contributed by atoms with Crippen molar-refractivity contribution in [2.75, 3.05) is 6.61 Å². The third kappa shape index (κ3) is 3.29. The highest BCUT2D eigenvalue weighted by molar-refractivity contribution is 5.23. The Morgan fingerprint density at radius 3 is 2.71 bits per heavy atom. The maximum Gasteiger partial charge on any atom is 0.122 e. The Hall–Kier alpha value is -1.87. The van der Waals surface area contributed by atoms with Gasteiger partial charge in [-0.25, -0.2) is 0 Å². The Bertz CT molecular complexity index is 471. The van der Waals surface area contributed by atoms with Gasteiger partial charge in [0.1, 0.15) is 12.4 Å². The molecule has 0 bridgehead atoms. The van der Waals surface area contributed by atoms with Crippen molar-refractivity contribution < 1.29 is 4.74 Å². The average Bonchev–Trinajstić information content (AvgIpc) is 2.37. The molecule has 0 radical (unpaired) electrons. The molecule has 3 heteroatoms. The lowest BCUT2D eigenvalue weighted by molar-refractivity contribution is 0.290. The van der Waals surface area contributed by atoms with Gasteiger partial charge in [0.2, 0.25) is 0 Å². The van der Waals surface area contributed by atoms with E-state index in [0.29, 0.717) is 6.61 Å². The first-order valence-electron chi connectivity index (χ1n) is 5.61. The fourth-order valence-corrected chi connectivity index (χ4v) is 1.59. The summed E-state index contributed by atoms with van der Waals surface area (Å²) >= 11 is 0. The number of aryl methyl sites for hydroxylation is 1. The van der Waals surface area contributed by atoms with Gasteiger partial charge in [-0.2, -0.15) is 0 Å². The molecule has 0 aliphatic heterocycles. The van der Waals surface area contributed by atoms with Gasteiger partial charge in [-0.1, -0.05) is 30.3 Å². The van der Waals surface area contributed by atoms with Crippen molar-refractivity contribution in [3.63, 3.8) is 0 Å². The second kappa shape index (κ2) is 5.46. The van der Waals surface area contributed by atoms with Crippen LogP contribution >= 0.6 is 0 Å². The van der Waals surface area contributed by atoms with Gasteiger partial charge in [-0.05, 0) is 18.6 Å². The van der Waals surface area contributed by atoms with Crippen LogP contribution in [0.15, 0.2) is 48.7 Å². The summed E-state index contributed by atoms with van der Waals surface area (Å²) in [6.07, 6.45) is 1.73. The van der Waals surface area contributed by atoms with Crippen LogP contribution in [0.4, 0.5) is 0 Å². The second-order valence-electron chi connectivity index (χ2n) is 3.96. The summed E-state index contributed by atoms with van der Waals surface area (Å²) < 4.78 is 5.64. The van der Waals surface area contributed by atoms with Gasteiger partial charge in [0.15, 0.2) is 0 Å². The van der Waals surface area contributed by atoms with Crippen molar-refractivity contribution in [2.45, 2.75) is 13.0 Å². The number of aromatic nitrogens is 1. The molecule has 2 rings (SSSR count). The molecule has 0 saturated carbocycles. The third-order valence-corrected chi connectivity index (χ3v) is 2.53. The molecule has 1 unspecified atom stereocenters. The summed E-state index contributed by atoms with van der Waals surface area (Å²) in [5, 5.41) is 0. The average molecular weight is 228 g/mol. The van der Waals surface area contributed by atoms with Crippen LogP contribution < -0.4 is 10.5 Å². The highest BCUT2D eigenvalue weighted by Gasteiger charge is 2.06. The van der Waals surface area contributed by atoms with Crippen molar-refractivity contribution >= 4 is 0 Å². The van der Waals surface area contributed by atoms with Crippen LogP contribution in [0.5, 0.6) is 5.75 Å². The van der Waals surface area contributed by atoms with E-state index in [9.17, 15) is 0 Å². The van der Waals surface area contributed by atoms with Crippen LogP contribution in [0.2, 0.25) is 0 Å². The van der Waals surface area contributed by atoms with E-state index in [1.165, 1.54) is 0 Å². The Labute approximate surface area is 101 Å². The number of nitrogens with two attached hydrogens (primary N) is 1. The summed E-state index contributed by atoms with van der Waals surface area (Å²) in [5.41, 5.74) is 8.06. The molecular weight excluding hydrogens is 212 g/mol. The molecular formula is C14H16N2O. The molecule has 1 aromatic carbocycles. The molecule has 0 saturated heterocycles. The normalized spacial score (nSPS) is 12.1. The number of benzene rings is 1. The van der Waals surface area contributed by atoms with Crippen molar-refractivity contribution in [1.29, 1.82) is 0 Å². The molecule has 0 aliphatic carbocycles. The topological polar surface area (TPSA) is 48.1 Å². The maximum atomic E-state index is 6.04. The van der Waals surface area contributed by atoms with Crippen LogP contribution in [0, 0.1) is 6.92 Å². The Balaban J connectivity index is 1.95. The van der Waals surface area contributed by atoms with E-state index in [-0.39, 0.29) is 6.04 Å². The summed E-state index contributed by atoms with van der Waals surface area (Å²) in [7, 11) is 0. The number of hydrogen-bond acceptors (Lipinski definition) is 3. The quantitative estimate of drug-likeness (QED) is 0.874. The molecule has 0 amide bonds. The van der Waals surface area contributed by atoms with Gasteiger partial charge in [0, 0.05) is 18.0 Å². The van der Waals surface area contributed by atoms with Crippen molar-refractivity contribution in [3.8, 4) is 5.75 Å². The van der Waals surface area contributed by atoms with Crippen LogP contribution in [0.3, 0.4) is 0 Å². The highest BCUT2D eigenvalue weighted by Crippen LogP contribution is 2.14. The number of hydrogen-bond donors (Lipinski definition) is 1. The lowest BCUT2D eigenvalue weighted by atomic mass is 10.1. The molecule has 1 atom stereocenters. The lowest BCUT2D eigenvalue weighted by Gasteiger charge is -2.13. The van der Waals surface area contributed by atoms with Crippen molar-refractivity contribution in [1.82, 2.24) is 4.98 Å². The summed E-state index contributed by atoms with van der Waals surface area (Å²) in [6.45, 7) is 2.40. The first-order valence-corrected chi connectivity index (χ1v) is 5.61. The number of nitrogens with zero attached hydrogens (tertiary/aromatic N) is 1. The molecule has 0 spiro atoms. The minimum atomic E-state index is -0.107. The Morgan fingerprint density at radius 1 is 1.24 bits per heavy atom. The van der Waals surface area contributed by atoms with E-state index in [1.54, 1.807) is 6.20 Å². The zero-order chi connectivity index (χ0) is 12.1. The summed E-state index contributed by atoms with van der Waals surface area (Å²) in [4.78, 5) is 4.11. The fraction of sp³-hybridized carbons (Fsp3) is 0.214. The second-order valence-corrected chi connectivity index (χ2v) is 3.96. The zero-order valence-electron chi connectivity index (χ0n) is 9.84. The van der Waals surface area contributed by atoms with Crippen LogP contribution in [-0.4, -0.2) is 11.6 Å². The van der Waals surface area contributed by atoms with Gasteiger partial charge >= 0.3 is 0 Å². The molecule has 2 aromatic rings. The lowest BCUT2D eigenvalue weighted by Crippen LogP contribution is -2.18. The van der Waals surface area contributed by atoms with E-state index in [4.69, 9.17) is 10.5 Å². The number of rotatable bonds is 4. The highest BCUT2D eigenvalue weighted by atomic mass is 16.5. The molecule has 3 nitrogen and oxygen atoms in total. The largest absolute Gasteiger partial charge is 0.491 e. The fourth-order valence-electron chi connectivity index (χ4n) is 1.59. The molecule has 2 N–H and O–H groups in total. The monoisotopic (exact) mass is 228 g/mol. The van der Waals surface area contributed by atoms with E-state index in [1.807, 2.05) is 49.4 Å². The number of pyridine rings is 1. The molecule has 0 aliphatic rings. The Morgan fingerprint density at radius 2 is 2.00 bits per heavy atom. The predicted octanol–water partition coefficient (Wildman–Crippen LogP) is 2.47. The molecule has 0 fully saturated rings. The smallest absolute Gasteiger partial charge is 0.122 e. The minimum absolute atomic E-state index is 0.107. The van der Waals surface area contributed by atoms with Crippen molar-refractivity contribution in [3.05, 3.63) is 59.9 Å². The van der Waals surface area contributed by atoms with Crippen molar-refractivity contribution in [2.24, 2.45) is 5.73 Å². The molecule has 88 valence electrons. The van der Waals surface area contributed by atoms with Gasteiger partial charge in [-0.3, -0.25) is 4.98 Å². The maximum absolute atomic E-state index is 6.04. The van der Waals surface area contributed by atoms with Gasteiger partial charge in [0.05, 0.1) is 6.04 Å². The first-order chi connectivity index (χ1) is 8.25. The van der Waals surface area contributed by atoms with Crippen LogP contribution in [0.1, 0.15) is 17.3 Å². The molecule has 17 heavy (non-hydrogen) atoms. The van der Waals surface area contributed by atoms with E-state index in [0.717, 1.165) is 17.0 Å².